The van der Waals surface area contributed by atoms with Gasteiger partial charge in [-0.1, -0.05) is 74.0 Å². The molecule has 2 heterocycles. The van der Waals surface area contributed by atoms with Gasteiger partial charge in [0.25, 0.3) is 0 Å². The van der Waals surface area contributed by atoms with Crippen LogP contribution in [0.3, 0.4) is 0 Å². The number of likely N-dealkylation sites (tertiary alicyclic amines) is 1. The number of nitrogens with zero attached hydrogens (tertiary/aromatic N) is 2. The van der Waals surface area contributed by atoms with Crippen LogP contribution in [0.15, 0.2) is 72.8 Å². The summed E-state index contributed by atoms with van der Waals surface area (Å²) >= 11 is 6.66. The Morgan fingerprint density at radius 1 is 1.00 bits per heavy atom. The number of rotatable bonds is 8. The van der Waals surface area contributed by atoms with Crippen LogP contribution >= 0.6 is 11.6 Å². The number of carbonyl (C=O) groups is 1. The quantitative estimate of drug-likeness (QED) is 0.253. The van der Waals surface area contributed by atoms with Gasteiger partial charge in [0, 0.05) is 40.1 Å². The maximum atomic E-state index is 12.1. The minimum atomic E-state index is -0.0171. The summed E-state index contributed by atoms with van der Waals surface area (Å²) in [7, 11) is 2.15. The zero-order valence-electron chi connectivity index (χ0n) is 22.7. The van der Waals surface area contributed by atoms with Gasteiger partial charge in [-0.15, -0.1) is 0 Å². The average Bonchev–Trinajstić information content (AvgIpc) is 3.21. The fraction of sp³-hybridized carbons (Fsp3) is 0.364. The molecule has 1 N–H and O–H groups in total. The zero-order chi connectivity index (χ0) is 26.6. The summed E-state index contributed by atoms with van der Waals surface area (Å²) in [5.74, 6) is 0.601. The minimum Gasteiger partial charge on any atom is -0.343 e. The SMILES string of the molecule is CC(C)C(=O)Nc1cccc(C2CCN(CCCc3c(-c4ccccc4Cl)n(C)c4ccccc34)CC2)c1. The van der Waals surface area contributed by atoms with Gasteiger partial charge >= 0.3 is 0 Å². The van der Waals surface area contributed by atoms with Gasteiger partial charge in [0.05, 0.1) is 5.69 Å². The molecule has 0 radical (unpaired) electrons. The number of halogens is 1. The molecule has 0 bridgehead atoms. The van der Waals surface area contributed by atoms with E-state index < -0.39 is 0 Å². The van der Waals surface area contributed by atoms with E-state index in [-0.39, 0.29) is 11.8 Å². The summed E-state index contributed by atoms with van der Waals surface area (Å²) in [5.41, 5.74) is 7.24. The Kier molecular flexibility index (Phi) is 8.21. The number of para-hydroxylation sites is 1. The van der Waals surface area contributed by atoms with E-state index in [0.29, 0.717) is 5.92 Å². The highest BCUT2D eigenvalue weighted by Crippen LogP contribution is 2.37. The topological polar surface area (TPSA) is 37.3 Å². The molecule has 0 unspecified atom stereocenters. The summed E-state index contributed by atoms with van der Waals surface area (Å²) in [6.07, 6.45) is 4.45. The van der Waals surface area contributed by atoms with Gasteiger partial charge in [0.2, 0.25) is 5.91 Å². The van der Waals surface area contributed by atoms with Crippen LogP contribution in [0.2, 0.25) is 5.02 Å². The summed E-state index contributed by atoms with van der Waals surface area (Å²) in [4.78, 5) is 14.7. The lowest BCUT2D eigenvalue weighted by molar-refractivity contribution is -0.118. The molecule has 0 aliphatic carbocycles. The first-order valence-electron chi connectivity index (χ1n) is 13.9. The molecule has 1 amide bonds. The van der Waals surface area contributed by atoms with Gasteiger partial charge in [-0.2, -0.15) is 0 Å². The monoisotopic (exact) mass is 527 g/mol. The number of nitrogens with one attached hydrogen (secondary N) is 1. The molecular weight excluding hydrogens is 490 g/mol. The summed E-state index contributed by atoms with van der Waals surface area (Å²) in [6.45, 7) is 7.17. The molecule has 5 rings (SSSR count). The van der Waals surface area contributed by atoms with E-state index in [0.717, 1.165) is 61.6 Å². The lowest BCUT2D eigenvalue weighted by Gasteiger charge is -2.32. The summed E-state index contributed by atoms with van der Waals surface area (Å²) in [5, 5.41) is 5.18. The number of aromatic nitrogens is 1. The van der Waals surface area contributed by atoms with Gasteiger partial charge in [-0.05, 0) is 86.6 Å². The number of hydrogen-bond donors (Lipinski definition) is 1. The second-order valence-electron chi connectivity index (χ2n) is 10.9. The number of hydrogen-bond acceptors (Lipinski definition) is 2. The van der Waals surface area contributed by atoms with Crippen LogP contribution in [0.4, 0.5) is 5.69 Å². The van der Waals surface area contributed by atoms with Crippen molar-refractivity contribution in [1.82, 2.24) is 9.47 Å². The maximum Gasteiger partial charge on any atom is 0.226 e. The van der Waals surface area contributed by atoms with Crippen molar-refractivity contribution in [1.29, 1.82) is 0 Å². The third-order valence-corrected chi connectivity index (χ3v) is 8.31. The fourth-order valence-electron chi connectivity index (χ4n) is 5.85. The standard InChI is InChI=1S/C33H38ClN3O/c1-23(2)33(38)35-26-11-8-10-25(22-26)24-17-20-37(21-18-24)19-9-14-28-27-12-5-7-16-31(27)36(3)32(28)29-13-4-6-15-30(29)34/h4-8,10-13,15-16,22-24H,9,14,17-21H2,1-3H3,(H,35,38). The Hall–Kier alpha value is -3.08. The smallest absolute Gasteiger partial charge is 0.226 e. The first-order valence-corrected chi connectivity index (χ1v) is 14.2. The minimum absolute atomic E-state index is 0.0171. The Bertz CT molecular complexity index is 1420. The number of carbonyl (C=O) groups excluding carboxylic acids is 1. The molecule has 4 nitrogen and oxygen atoms in total. The van der Waals surface area contributed by atoms with Crippen LogP contribution in [0, 0.1) is 5.92 Å². The summed E-state index contributed by atoms with van der Waals surface area (Å²) in [6, 6.07) is 25.3. The number of amides is 1. The summed E-state index contributed by atoms with van der Waals surface area (Å²) < 4.78 is 2.30. The van der Waals surface area contributed by atoms with E-state index in [1.54, 1.807) is 0 Å². The number of anilines is 1. The van der Waals surface area contributed by atoms with Gasteiger partial charge in [-0.3, -0.25) is 4.79 Å². The van der Waals surface area contributed by atoms with Crippen molar-refractivity contribution in [2.45, 2.75) is 45.4 Å². The van der Waals surface area contributed by atoms with Crippen molar-refractivity contribution in [3.8, 4) is 11.3 Å². The molecule has 38 heavy (non-hydrogen) atoms. The number of piperidine rings is 1. The van der Waals surface area contributed by atoms with E-state index in [9.17, 15) is 4.79 Å². The molecule has 1 aliphatic heterocycles. The molecule has 3 aromatic carbocycles. The number of benzene rings is 3. The van der Waals surface area contributed by atoms with Crippen LogP contribution in [0.25, 0.3) is 22.2 Å². The Morgan fingerprint density at radius 2 is 1.74 bits per heavy atom. The lowest BCUT2D eigenvalue weighted by atomic mass is 9.89. The van der Waals surface area contributed by atoms with Crippen molar-refractivity contribution < 1.29 is 4.79 Å². The maximum absolute atomic E-state index is 12.1. The van der Waals surface area contributed by atoms with Gasteiger partial charge in [0.1, 0.15) is 0 Å². The predicted molar refractivity (Wildman–Crippen MR) is 160 cm³/mol. The van der Waals surface area contributed by atoms with E-state index in [1.165, 1.54) is 27.7 Å². The molecule has 0 spiro atoms. The van der Waals surface area contributed by atoms with Crippen LogP contribution in [0.1, 0.15) is 50.2 Å². The molecule has 4 aromatic rings. The van der Waals surface area contributed by atoms with E-state index in [1.807, 2.05) is 32.0 Å². The molecule has 1 aliphatic rings. The zero-order valence-corrected chi connectivity index (χ0v) is 23.5. The Balaban J connectivity index is 1.22. The van der Waals surface area contributed by atoms with Crippen molar-refractivity contribution in [2.75, 3.05) is 25.0 Å². The first kappa shape index (κ1) is 26.5. The fourth-order valence-corrected chi connectivity index (χ4v) is 6.07. The van der Waals surface area contributed by atoms with Crippen molar-refractivity contribution >= 4 is 34.1 Å². The van der Waals surface area contributed by atoms with Gasteiger partial charge < -0.3 is 14.8 Å². The highest BCUT2D eigenvalue weighted by molar-refractivity contribution is 6.33. The van der Waals surface area contributed by atoms with Crippen molar-refractivity contribution in [2.24, 2.45) is 13.0 Å². The van der Waals surface area contributed by atoms with Crippen LogP contribution in [0.5, 0.6) is 0 Å². The van der Waals surface area contributed by atoms with Crippen molar-refractivity contribution in [3.63, 3.8) is 0 Å². The normalized spacial score (nSPS) is 14.9. The lowest BCUT2D eigenvalue weighted by Crippen LogP contribution is -2.33. The highest BCUT2D eigenvalue weighted by atomic mass is 35.5. The first-order chi connectivity index (χ1) is 18.4. The van der Waals surface area contributed by atoms with Gasteiger partial charge in [0.15, 0.2) is 0 Å². The van der Waals surface area contributed by atoms with Crippen LogP contribution < -0.4 is 5.32 Å². The molecule has 0 saturated carbocycles. The van der Waals surface area contributed by atoms with E-state index >= 15 is 0 Å². The third-order valence-electron chi connectivity index (χ3n) is 7.98. The van der Waals surface area contributed by atoms with Crippen LogP contribution in [-0.4, -0.2) is 35.0 Å². The molecule has 1 fully saturated rings. The molecule has 198 valence electrons. The second-order valence-corrected chi connectivity index (χ2v) is 11.3. The van der Waals surface area contributed by atoms with Crippen molar-refractivity contribution in [3.05, 3.63) is 88.9 Å². The van der Waals surface area contributed by atoms with Gasteiger partial charge in [-0.25, -0.2) is 0 Å². The van der Waals surface area contributed by atoms with E-state index in [2.05, 4.69) is 76.4 Å². The molecule has 1 aromatic heterocycles. The van der Waals surface area contributed by atoms with Crippen LogP contribution in [-0.2, 0) is 18.3 Å². The number of fused-ring (bicyclic) bond motifs is 1. The Morgan fingerprint density at radius 3 is 2.50 bits per heavy atom. The predicted octanol–water partition coefficient (Wildman–Crippen LogP) is 7.91. The largest absolute Gasteiger partial charge is 0.343 e. The molecule has 5 heteroatoms. The molecule has 1 saturated heterocycles. The average molecular weight is 528 g/mol. The molecule has 0 atom stereocenters. The Labute approximate surface area is 231 Å². The molecular formula is C33H38ClN3O. The highest BCUT2D eigenvalue weighted by Gasteiger charge is 2.22. The third kappa shape index (κ3) is 5.67. The van der Waals surface area contributed by atoms with E-state index in [4.69, 9.17) is 11.6 Å². The second kappa shape index (κ2) is 11.8. The number of aryl methyl sites for hydroxylation is 2.